The highest BCUT2D eigenvalue weighted by Crippen LogP contribution is 2.16. The average molecular weight is 225 g/mol. The number of ether oxygens (including phenoxy) is 1. The van der Waals surface area contributed by atoms with E-state index in [-0.39, 0.29) is 5.12 Å². The highest BCUT2D eigenvalue weighted by molar-refractivity contribution is 8.12. The Hall–Kier alpha value is -1.00. The molecule has 0 fully saturated rings. The van der Waals surface area contributed by atoms with Gasteiger partial charge in [0.15, 0.2) is 5.12 Å². The second-order valence-electron chi connectivity index (χ2n) is 3.06. The van der Waals surface area contributed by atoms with E-state index >= 15 is 0 Å². The van der Waals surface area contributed by atoms with Gasteiger partial charge < -0.3 is 10.5 Å². The first-order chi connectivity index (χ1) is 7.22. The molecule has 0 amide bonds. The Morgan fingerprint density at radius 3 is 2.60 bits per heavy atom. The molecule has 0 heterocycles. The molecule has 0 saturated carbocycles. The van der Waals surface area contributed by atoms with Crippen molar-refractivity contribution in [2.24, 2.45) is 5.73 Å². The lowest BCUT2D eigenvalue weighted by Gasteiger charge is -2.05. The van der Waals surface area contributed by atoms with E-state index in [0.29, 0.717) is 18.9 Å². The largest absolute Gasteiger partial charge is 0.492 e. The van der Waals surface area contributed by atoms with Gasteiger partial charge in [-0.25, -0.2) is 0 Å². The summed E-state index contributed by atoms with van der Waals surface area (Å²) in [6.45, 7) is 2.62. The average Bonchev–Trinajstić information content (AvgIpc) is 2.25. The van der Waals surface area contributed by atoms with E-state index in [1.807, 2.05) is 24.3 Å². The lowest BCUT2D eigenvalue weighted by atomic mass is 10.2. The third-order valence-corrected chi connectivity index (χ3v) is 2.64. The molecule has 82 valence electrons. The van der Waals surface area contributed by atoms with Crippen molar-refractivity contribution in [3.05, 3.63) is 29.8 Å². The normalized spacial score (nSPS) is 10.0. The van der Waals surface area contributed by atoms with Crippen molar-refractivity contribution in [2.75, 3.05) is 13.2 Å². The molecule has 2 N–H and O–H groups in total. The summed E-state index contributed by atoms with van der Waals surface area (Å²) >= 11 is 1.31. The van der Waals surface area contributed by atoms with Gasteiger partial charge in [-0.05, 0) is 17.7 Å². The van der Waals surface area contributed by atoms with Gasteiger partial charge in [-0.2, -0.15) is 0 Å². The molecule has 0 bridgehead atoms. The minimum Gasteiger partial charge on any atom is -0.492 e. The quantitative estimate of drug-likeness (QED) is 0.830. The van der Waals surface area contributed by atoms with Crippen molar-refractivity contribution in [3.8, 4) is 5.75 Å². The standard InChI is InChI=1S/C11H15NO2S/c1-9(13)15-8-10-2-4-11(5-3-10)14-7-6-12/h2-5H,6-8,12H2,1H3. The highest BCUT2D eigenvalue weighted by Gasteiger charge is 1.98. The van der Waals surface area contributed by atoms with Gasteiger partial charge >= 0.3 is 0 Å². The van der Waals surface area contributed by atoms with Crippen molar-refractivity contribution in [2.45, 2.75) is 12.7 Å². The van der Waals surface area contributed by atoms with Crippen LogP contribution in [0.2, 0.25) is 0 Å². The molecule has 3 nitrogen and oxygen atoms in total. The van der Waals surface area contributed by atoms with Crippen molar-refractivity contribution < 1.29 is 9.53 Å². The van der Waals surface area contributed by atoms with Crippen LogP contribution in [-0.4, -0.2) is 18.3 Å². The zero-order chi connectivity index (χ0) is 11.1. The number of hydrogen-bond acceptors (Lipinski definition) is 4. The Kier molecular flexibility index (Phi) is 5.21. The SMILES string of the molecule is CC(=O)SCc1ccc(OCCN)cc1. The Balaban J connectivity index is 2.45. The fraction of sp³-hybridized carbons (Fsp3) is 0.364. The highest BCUT2D eigenvalue weighted by atomic mass is 32.2. The van der Waals surface area contributed by atoms with Gasteiger partial charge in [0.2, 0.25) is 0 Å². The molecule has 4 heteroatoms. The van der Waals surface area contributed by atoms with Crippen LogP contribution in [0.25, 0.3) is 0 Å². The first kappa shape index (κ1) is 12.1. The molecule has 0 aliphatic carbocycles. The number of carbonyl (C=O) groups is 1. The van der Waals surface area contributed by atoms with Crippen molar-refractivity contribution >= 4 is 16.9 Å². The zero-order valence-electron chi connectivity index (χ0n) is 8.73. The molecule has 0 atom stereocenters. The second-order valence-corrected chi connectivity index (χ2v) is 4.21. The summed E-state index contributed by atoms with van der Waals surface area (Å²) in [6.07, 6.45) is 0. The van der Waals surface area contributed by atoms with Crippen LogP contribution >= 0.6 is 11.8 Å². The minimum absolute atomic E-state index is 0.137. The molecule has 1 rings (SSSR count). The molecule has 1 aromatic carbocycles. The Labute approximate surface area is 94.0 Å². The molecule has 0 saturated heterocycles. The number of benzene rings is 1. The Bertz CT molecular complexity index is 311. The van der Waals surface area contributed by atoms with Crippen LogP contribution in [0.15, 0.2) is 24.3 Å². The Morgan fingerprint density at radius 2 is 2.07 bits per heavy atom. The van der Waals surface area contributed by atoms with E-state index < -0.39 is 0 Å². The monoisotopic (exact) mass is 225 g/mol. The Morgan fingerprint density at radius 1 is 1.40 bits per heavy atom. The van der Waals surface area contributed by atoms with Crippen LogP contribution in [0.1, 0.15) is 12.5 Å². The lowest BCUT2D eigenvalue weighted by molar-refractivity contribution is -0.109. The van der Waals surface area contributed by atoms with Gasteiger partial charge in [-0.15, -0.1) is 0 Å². The number of carbonyl (C=O) groups excluding carboxylic acids is 1. The predicted molar refractivity (Wildman–Crippen MR) is 63.0 cm³/mol. The maximum atomic E-state index is 10.7. The first-order valence-electron chi connectivity index (χ1n) is 4.77. The van der Waals surface area contributed by atoms with Crippen molar-refractivity contribution in [3.63, 3.8) is 0 Å². The molecular weight excluding hydrogens is 210 g/mol. The van der Waals surface area contributed by atoms with Gasteiger partial charge in [0.1, 0.15) is 12.4 Å². The fourth-order valence-corrected chi connectivity index (χ4v) is 1.61. The van der Waals surface area contributed by atoms with Crippen LogP contribution in [0.3, 0.4) is 0 Å². The molecule has 0 radical (unpaired) electrons. The molecule has 0 aliphatic rings. The number of hydrogen-bond donors (Lipinski definition) is 1. The minimum atomic E-state index is 0.137. The van der Waals surface area contributed by atoms with Crippen LogP contribution in [0.4, 0.5) is 0 Å². The topological polar surface area (TPSA) is 52.3 Å². The van der Waals surface area contributed by atoms with Crippen molar-refractivity contribution in [1.29, 1.82) is 0 Å². The summed E-state index contributed by atoms with van der Waals surface area (Å²) in [5.74, 6) is 1.53. The molecular formula is C11H15NO2S. The van der Waals surface area contributed by atoms with E-state index in [1.165, 1.54) is 11.8 Å². The van der Waals surface area contributed by atoms with Gasteiger partial charge in [-0.1, -0.05) is 23.9 Å². The van der Waals surface area contributed by atoms with E-state index in [1.54, 1.807) is 6.92 Å². The first-order valence-corrected chi connectivity index (χ1v) is 5.76. The summed E-state index contributed by atoms with van der Waals surface area (Å²) in [4.78, 5) is 10.7. The van der Waals surface area contributed by atoms with Crippen LogP contribution < -0.4 is 10.5 Å². The summed E-state index contributed by atoms with van der Waals surface area (Å²) < 4.78 is 5.34. The van der Waals surface area contributed by atoms with Crippen molar-refractivity contribution in [1.82, 2.24) is 0 Å². The number of rotatable bonds is 5. The summed E-state index contributed by atoms with van der Waals surface area (Å²) in [6, 6.07) is 7.71. The molecule has 0 aromatic heterocycles. The van der Waals surface area contributed by atoms with Crippen LogP contribution in [-0.2, 0) is 10.5 Å². The second kappa shape index (κ2) is 6.48. The number of thioether (sulfide) groups is 1. The summed E-state index contributed by atoms with van der Waals surface area (Å²) in [7, 11) is 0. The molecule has 15 heavy (non-hydrogen) atoms. The molecule has 0 unspecified atom stereocenters. The van der Waals surface area contributed by atoms with Gasteiger partial charge in [-0.3, -0.25) is 4.79 Å². The summed E-state index contributed by atoms with van der Waals surface area (Å²) in [5.41, 5.74) is 6.44. The van der Waals surface area contributed by atoms with E-state index in [9.17, 15) is 4.79 Å². The lowest BCUT2D eigenvalue weighted by Crippen LogP contribution is -2.10. The predicted octanol–water partition coefficient (Wildman–Crippen LogP) is 1.80. The zero-order valence-corrected chi connectivity index (χ0v) is 9.55. The van der Waals surface area contributed by atoms with Gasteiger partial charge in [0.25, 0.3) is 0 Å². The summed E-state index contributed by atoms with van der Waals surface area (Å²) in [5, 5.41) is 0.137. The van der Waals surface area contributed by atoms with Gasteiger partial charge in [0.05, 0.1) is 0 Å². The fourth-order valence-electron chi connectivity index (χ4n) is 1.04. The molecule has 0 spiro atoms. The third-order valence-electron chi connectivity index (χ3n) is 1.75. The maximum Gasteiger partial charge on any atom is 0.186 e. The number of nitrogens with two attached hydrogens (primary N) is 1. The van der Waals surface area contributed by atoms with Crippen LogP contribution in [0.5, 0.6) is 5.75 Å². The molecule has 1 aromatic rings. The molecule has 0 aliphatic heterocycles. The van der Waals surface area contributed by atoms with E-state index in [2.05, 4.69) is 0 Å². The van der Waals surface area contributed by atoms with E-state index in [0.717, 1.165) is 11.3 Å². The maximum absolute atomic E-state index is 10.7. The van der Waals surface area contributed by atoms with Gasteiger partial charge in [0, 0.05) is 19.2 Å². The van der Waals surface area contributed by atoms with E-state index in [4.69, 9.17) is 10.5 Å². The smallest absolute Gasteiger partial charge is 0.186 e. The van der Waals surface area contributed by atoms with Crippen LogP contribution in [0, 0.1) is 0 Å². The third kappa shape index (κ3) is 4.85.